The monoisotopic (exact) mass is 356 g/mol. The van der Waals surface area contributed by atoms with Crippen LogP contribution in [0.3, 0.4) is 0 Å². The van der Waals surface area contributed by atoms with Crippen LogP contribution < -0.4 is 4.90 Å². The number of ketones is 1. The minimum atomic E-state index is -0.360. The highest BCUT2D eigenvalue weighted by molar-refractivity contribution is 8.03. The first-order valence-electron chi connectivity index (χ1n) is 7.17. The Hall–Kier alpha value is -2.23. The number of carbonyl (C=O) groups is 1. The van der Waals surface area contributed by atoms with Gasteiger partial charge in [0.1, 0.15) is 22.5 Å². The minimum Gasteiger partial charge on any atom is -0.337 e. The maximum Gasteiger partial charge on any atom is 0.186 e. The first-order chi connectivity index (χ1) is 11.6. The molecule has 0 N–H and O–H groups in total. The molecule has 120 valence electrons. The van der Waals surface area contributed by atoms with Crippen molar-refractivity contribution in [1.29, 1.82) is 5.26 Å². The second kappa shape index (κ2) is 7.12. The van der Waals surface area contributed by atoms with Crippen LogP contribution in [0.15, 0.2) is 68.9 Å². The van der Waals surface area contributed by atoms with Crippen molar-refractivity contribution < 1.29 is 9.18 Å². The normalized spacial score (nSPS) is 15.0. The molecule has 1 aliphatic heterocycles. The molecule has 2 aromatic rings. The summed E-state index contributed by atoms with van der Waals surface area (Å²) in [5.41, 5.74) is 1.09. The molecule has 0 aliphatic carbocycles. The molecular weight excluding hydrogens is 343 g/mol. The number of allylic oxidation sites excluding steroid dienone is 1. The van der Waals surface area contributed by atoms with Crippen molar-refractivity contribution in [3.8, 4) is 6.07 Å². The number of para-hydroxylation sites is 1. The van der Waals surface area contributed by atoms with Crippen molar-refractivity contribution in [2.24, 2.45) is 0 Å². The van der Waals surface area contributed by atoms with Crippen LogP contribution in [0.5, 0.6) is 0 Å². The molecule has 2 aromatic carbocycles. The quantitative estimate of drug-likeness (QED) is 0.460. The van der Waals surface area contributed by atoms with Gasteiger partial charge in [-0.3, -0.25) is 4.79 Å². The Morgan fingerprint density at radius 3 is 2.67 bits per heavy atom. The van der Waals surface area contributed by atoms with Gasteiger partial charge in [0.25, 0.3) is 0 Å². The van der Waals surface area contributed by atoms with Crippen LogP contribution in [0.2, 0.25) is 0 Å². The number of thioether (sulfide) groups is 2. The van der Waals surface area contributed by atoms with Gasteiger partial charge in [-0.1, -0.05) is 36.0 Å². The van der Waals surface area contributed by atoms with Gasteiger partial charge in [-0.25, -0.2) is 4.39 Å². The zero-order valence-electron chi connectivity index (χ0n) is 12.8. The van der Waals surface area contributed by atoms with E-state index in [-0.39, 0.29) is 22.9 Å². The van der Waals surface area contributed by atoms with E-state index in [0.717, 1.165) is 22.3 Å². The third-order valence-electron chi connectivity index (χ3n) is 3.54. The molecule has 24 heavy (non-hydrogen) atoms. The highest BCUT2D eigenvalue weighted by Crippen LogP contribution is 2.46. The molecule has 0 saturated carbocycles. The smallest absolute Gasteiger partial charge is 0.186 e. The molecular formula is C18H13FN2OS2. The van der Waals surface area contributed by atoms with Crippen molar-refractivity contribution in [1.82, 2.24) is 0 Å². The van der Waals surface area contributed by atoms with Gasteiger partial charge in [0.05, 0.1) is 11.4 Å². The Balaban J connectivity index is 1.81. The van der Waals surface area contributed by atoms with Crippen LogP contribution in [-0.4, -0.2) is 18.6 Å². The fraction of sp³-hybridized carbons (Fsp3) is 0.111. The van der Waals surface area contributed by atoms with Gasteiger partial charge in [-0.2, -0.15) is 5.26 Å². The topological polar surface area (TPSA) is 44.1 Å². The average Bonchev–Trinajstić information content (AvgIpc) is 2.92. The average molecular weight is 356 g/mol. The molecule has 0 bridgehead atoms. The van der Waals surface area contributed by atoms with Crippen LogP contribution in [-0.2, 0) is 4.79 Å². The Bertz CT molecular complexity index is 873. The lowest BCUT2D eigenvalue weighted by Gasteiger charge is -2.14. The van der Waals surface area contributed by atoms with E-state index in [9.17, 15) is 14.4 Å². The zero-order chi connectivity index (χ0) is 17.1. The van der Waals surface area contributed by atoms with E-state index in [1.54, 1.807) is 18.2 Å². The molecule has 0 radical (unpaired) electrons. The number of Topliss-reactive ketones (excluding diaryl/α,β-unsaturated/α-hetero) is 1. The molecule has 0 aromatic heterocycles. The summed E-state index contributed by atoms with van der Waals surface area (Å²) >= 11 is 2.51. The van der Waals surface area contributed by atoms with E-state index < -0.39 is 0 Å². The number of benzene rings is 2. The Morgan fingerprint density at radius 1 is 1.25 bits per heavy atom. The highest BCUT2D eigenvalue weighted by Gasteiger charge is 2.27. The predicted octanol–water partition coefficient (Wildman–Crippen LogP) is 4.46. The number of nitrogens with zero attached hydrogens (tertiary/aromatic N) is 2. The van der Waals surface area contributed by atoms with Crippen LogP contribution in [0.25, 0.3) is 0 Å². The molecule has 1 heterocycles. The molecule has 3 nitrogen and oxygen atoms in total. The fourth-order valence-electron chi connectivity index (χ4n) is 2.33. The first-order valence-corrected chi connectivity index (χ1v) is 8.97. The van der Waals surface area contributed by atoms with Gasteiger partial charge in [-0.05, 0) is 24.3 Å². The molecule has 0 amide bonds. The van der Waals surface area contributed by atoms with Gasteiger partial charge in [0.15, 0.2) is 5.78 Å². The Kier molecular flexibility index (Phi) is 4.93. The van der Waals surface area contributed by atoms with Crippen LogP contribution in [0.1, 0.15) is 0 Å². The fourth-order valence-corrected chi connectivity index (χ4v) is 4.30. The summed E-state index contributed by atoms with van der Waals surface area (Å²) in [4.78, 5) is 15.7. The van der Waals surface area contributed by atoms with Gasteiger partial charge in [0, 0.05) is 16.8 Å². The van der Waals surface area contributed by atoms with Crippen molar-refractivity contribution >= 4 is 35.0 Å². The van der Waals surface area contributed by atoms with Crippen LogP contribution >= 0.6 is 23.5 Å². The SMILES string of the molecule is CN1/C(=C(\C#N)C(=O)CSc2ccccc2F)Sc2ccccc21. The standard InChI is InChI=1S/C18H13FN2OS2/c1-21-14-7-3-5-9-17(14)24-18(21)12(10-20)15(22)11-23-16-8-4-2-6-13(16)19/h2-9H,11H2,1H3/b18-12-. The second-order valence-electron chi connectivity index (χ2n) is 5.06. The van der Waals surface area contributed by atoms with E-state index in [1.165, 1.54) is 17.8 Å². The number of fused-ring (bicyclic) bond motifs is 1. The number of halogens is 1. The molecule has 1 aliphatic rings. The van der Waals surface area contributed by atoms with E-state index in [0.29, 0.717) is 9.92 Å². The van der Waals surface area contributed by atoms with Gasteiger partial charge in [0.2, 0.25) is 0 Å². The molecule has 0 atom stereocenters. The summed E-state index contributed by atoms with van der Waals surface area (Å²) in [6.07, 6.45) is 0. The van der Waals surface area contributed by atoms with Crippen molar-refractivity contribution in [3.05, 3.63) is 65.0 Å². The molecule has 6 heteroatoms. The van der Waals surface area contributed by atoms with Gasteiger partial charge < -0.3 is 4.90 Å². The lowest BCUT2D eigenvalue weighted by atomic mass is 10.2. The lowest BCUT2D eigenvalue weighted by molar-refractivity contribution is -0.112. The highest BCUT2D eigenvalue weighted by atomic mass is 32.2. The minimum absolute atomic E-state index is 0.0259. The Labute approximate surface area is 148 Å². The maximum absolute atomic E-state index is 13.6. The third kappa shape index (κ3) is 3.18. The summed E-state index contributed by atoms with van der Waals surface area (Å²) in [5.74, 6) is -0.632. The number of anilines is 1. The molecule has 0 spiro atoms. The predicted molar refractivity (Wildman–Crippen MR) is 95.5 cm³/mol. The van der Waals surface area contributed by atoms with Crippen molar-refractivity contribution in [2.75, 3.05) is 17.7 Å². The first kappa shape index (κ1) is 16.6. The lowest BCUT2D eigenvalue weighted by Crippen LogP contribution is -2.16. The summed E-state index contributed by atoms with van der Waals surface area (Å²) < 4.78 is 13.6. The summed E-state index contributed by atoms with van der Waals surface area (Å²) in [7, 11) is 1.84. The number of hydrogen-bond donors (Lipinski definition) is 0. The van der Waals surface area contributed by atoms with E-state index in [2.05, 4.69) is 0 Å². The van der Waals surface area contributed by atoms with E-state index in [4.69, 9.17) is 0 Å². The van der Waals surface area contributed by atoms with E-state index in [1.807, 2.05) is 42.3 Å². The van der Waals surface area contributed by atoms with Crippen molar-refractivity contribution in [2.45, 2.75) is 9.79 Å². The number of carbonyl (C=O) groups excluding carboxylic acids is 1. The summed E-state index contributed by atoms with van der Waals surface area (Å²) in [6.45, 7) is 0. The Morgan fingerprint density at radius 2 is 1.96 bits per heavy atom. The molecule has 0 saturated heterocycles. The summed E-state index contributed by atoms with van der Waals surface area (Å²) in [6, 6.07) is 16.1. The number of hydrogen-bond acceptors (Lipinski definition) is 5. The van der Waals surface area contributed by atoms with E-state index >= 15 is 0 Å². The molecule has 0 fully saturated rings. The molecule has 3 rings (SSSR count). The summed E-state index contributed by atoms with van der Waals surface area (Å²) in [5, 5.41) is 10.1. The maximum atomic E-state index is 13.6. The molecule has 0 unspecified atom stereocenters. The third-order valence-corrected chi connectivity index (χ3v) is 5.82. The second-order valence-corrected chi connectivity index (χ2v) is 7.11. The number of nitriles is 1. The van der Waals surface area contributed by atoms with Gasteiger partial charge in [-0.15, -0.1) is 11.8 Å². The van der Waals surface area contributed by atoms with Crippen LogP contribution in [0, 0.1) is 17.1 Å². The van der Waals surface area contributed by atoms with Gasteiger partial charge >= 0.3 is 0 Å². The largest absolute Gasteiger partial charge is 0.337 e. The number of rotatable bonds is 4. The van der Waals surface area contributed by atoms with Crippen LogP contribution in [0.4, 0.5) is 10.1 Å². The van der Waals surface area contributed by atoms with Crippen molar-refractivity contribution in [3.63, 3.8) is 0 Å². The zero-order valence-corrected chi connectivity index (χ0v) is 14.5.